The second-order valence-corrected chi connectivity index (χ2v) is 5.35. The zero-order valence-electron chi connectivity index (χ0n) is 11.6. The quantitative estimate of drug-likeness (QED) is 0.896. The van der Waals surface area contributed by atoms with E-state index in [1.807, 2.05) is 19.1 Å². The number of hydrogen-bond donors (Lipinski definition) is 1. The molecule has 0 amide bonds. The monoisotopic (exact) mass is 270 g/mol. The molecule has 0 fully saturated rings. The number of aryl methyl sites for hydroxylation is 1. The summed E-state index contributed by atoms with van der Waals surface area (Å²) in [6.07, 6.45) is 2.15. The normalized spacial score (nSPS) is 15.8. The molecule has 1 aliphatic rings. The van der Waals surface area contributed by atoms with Crippen molar-refractivity contribution in [2.24, 2.45) is 5.73 Å². The molecule has 20 heavy (non-hydrogen) atoms. The van der Waals surface area contributed by atoms with E-state index in [2.05, 4.69) is 23.1 Å². The second-order valence-electron chi connectivity index (χ2n) is 5.35. The van der Waals surface area contributed by atoms with Gasteiger partial charge in [-0.15, -0.1) is 0 Å². The van der Waals surface area contributed by atoms with Gasteiger partial charge in [0.2, 0.25) is 0 Å². The topological polar surface area (TPSA) is 29.3 Å². The summed E-state index contributed by atoms with van der Waals surface area (Å²) in [4.78, 5) is 2.20. The Morgan fingerprint density at radius 3 is 2.65 bits per heavy atom. The molecular formula is C17H19FN2. The van der Waals surface area contributed by atoms with Gasteiger partial charge in [0, 0.05) is 29.5 Å². The molecule has 0 radical (unpaired) electrons. The summed E-state index contributed by atoms with van der Waals surface area (Å²) < 4.78 is 14.1. The molecule has 0 aromatic heterocycles. The molecule has 0 aliphatic carbocycles. The smallest absolute Gasteiger partial charge is 0.130 e. The molecular weight excluding hydrogens is 251 g/mol. The van der Waals surface area contributed by atoms with Crippen LogP contribution in [0.1, 0.15) is 30.5 Å². The summed E-state index contributed by atoms with van der Waals surface area (Å²) in [6, 6.07) is 13.2. The Morgan fingerprint density at radius 2 is 1.85 bits per heavy atom. The van der Waals surface area contributed by atoms with Crippen molar-refractivity contribution in [1.82, 2.24) is 0 Å². The zero-order valence-corrected chi connectivity index (χ0v) is 11.6. The van der Waals surface area contributed by atoms with Gasteiger partial charge < -0.3 is 10.6 Å². The minimum atomic E-state index is -0.319. The molecule has 3 heteroatoms. The zero-order chi connectivity index (χ0) is 14.1. The highest BCUT2D eigenvalue weighted by Crippen LogP contribution is 2.37. The summed E-state index contributed by atoms with van der Waals surface area (Å²) in [7, 11) is 0. The molecule has 1 atom stereocenters. The van der Waals surface area contributed by atoms with Gasteiger partial charge in [-0.05, 0) is 43.5 Å². The van der Waals surface area contributed by atoms with E-state index >= 15 is 0 Å². The van der Waals surface area contributed by atoms with Crippen molar-refractivity contribution in [2.75, 3.05) is 11.4 Å². The van der Waals surface area contributed by atoms with Gasteiger partial charge in [0.15, 0.2) is 0 Å². The predicted molar refractivity (Wildman–Crippen MR) is 80.8 cm³/mol. The Bertz CT molecular complexity index is 622. The van der Waals surface area contributed by atoms with Gasteiger partial charge in [0.05, 0.1) is 0 Å². The largest absolute Gasteiger partial charge is 0.341 e. The van der Waals surface area contributed by atoms with Crippen LogP contribution in [-0.4, -0.2) is 6.54 Å². The summed E-state index contributed by atoms with van der Waals surface area (Å²) in [5.74, 6) is -0.222. The fourth-order valence-electron chi connectivity index (χ4n) is 3.00. The van der Waals surface area contributed by atoms with Crippen LogP contribution in [0.25, 0.3) is 0 Å². The van der Waals surface area contributed by atoms with Gasteiger partial charge in [-0.2, -0.15) is 0 Å². The third-order valence-corrected chi connectivity index (χ3v) is 3.89. The molecule has 1 heterocycles. The van der Waals surface area contributed by atoms with Crippen molar-refractivity contribution in [3.05, 3.63) is 59.4 Å². The van der Waals surface area contributed by atoms with E-state index in [-0.39, 0.29) is 11.9 Å². The van der Waals surface area contributed by atoms with Crippen LogP contribution in [-0.2, 0) is 6.42 Å². The highest BCUT2D eigenvalue weighted by atomic mass is 19.1. The highest BCUT2D eigenvalue weighted by Gasteiger charge is 2.22. The summed E-state index contributed by atoms with van der Waals surface area (Å²) in [6.45, 7) is 2.73. The first kappa shape index (κ1) is 13.1. The lowest BCUT2D eigenvalue weighted by atomic mass is 9.98. The number of halogens is 1. The van der Waals surface area contributed by atoms with Crippen LogP contribution in [0.5, 0.6) is 0 Å². The van der Waals surface area contributed by atoms with Gasteiger partial charge in [-0.3, -0.25) is 0 Å². The molecule has 0 saturated carbocycles. The maximum atomic E-state index is 14.1. The van der Waals surface area contributed by atoms with Gasteiger partial charge in [-0.1, -0.05) is 24.3 Å². The fraction of sp³-hybridized carbons (Fsp3) is 0.294. The molecule has 1 aliphatic heterocycles. The Morgan fingerprint density at radius 1 is 1.10 bits per heavy atom. The first-order valence-corrected chi connectivity index (χ1v) is 7.08. The first-order chi connectivity index (χ1) is 9.68. The van der Waals surface area contributed by atoms with Gasteiger partial charge in [0.1, 0.15) is 5.82 Å². The minimum absolute atomic E-state index is 0.222. The van der Waals surface area contributed by atoms with E-state index in [0.29, 0.717) is 5.56 Å². The maximum Gasteiger partial charge on any atom is 0.130 e. The number of para-hydroxylation sites is 1. The Kier molecular flexibility index (Phi) is 3.45. The van der Waals surface area contributed by atoms with Crippen LogP contribution in [0.4, 0.5) is 15.8 Å². The lowest BCUT2D eigenvalue weighted by molar-refractivity contribution is 0.592. The van der Waals surface area contributed by atoms with Crippen LogP contribution in [0, 0.1) is 5.82 Å². The van der Waals surface area contributed by atoms with E-state index < -0.39 is 0 Å². The number of rotatable bonds is 2. The van der Waals surface area contributed by atoms with Crippen molar-refractivity contribution in [3.63, 3.8) is 0 Å². The standard InChI is InChI=1S/C17H19FN2/c1-12(19)17-14(18)8-4-10-16(17)20-11-5-7-13-6-2-3-9-15(13)20/h2-4,6,8-10,12H,5,7,11,19H2,1H3. The van der Waals surface area contributed by atoms with Crippen molar-refractivity contribution < 1.29 is 4.39 Å². The summed E-state index contributed by atoms with van der Waals surface area (Å²) in [5.41, 5.74) is 9.96. The summed E-state index contributed by atoms with van der Waals surface area (Å²) in [5, 5.41) is 0. The average Bonchev–Trinajstić information content (AvgIpc) is 2.46. The van der Waals surface area contributed by atoms with Gasteiger partial charge in [0.25, 0.3) is 0 Å². The lowest BCUT2D eigenvalue weighted by Crippen LogP contribution is -2.26. The van der Waals surface area contributed by atoms with Crippen LogP contribution in [0.3, 0.4) is 0 Å². The van der Waals surface area contributed by atoms with E-state index in [4.69, 9.17) is 5.73 Å². The molecule has 104 valence electrons. The second kappa shape index (κ2) is 5.25. The molecule has 0 spiro atoms. The highest BCUT2D eigenvalue weighted by molar-refractivity contribution is 5.70. The lowest BCUT2D eigenvalue weighted by Gasteiger charge is -2.33. The SMILES string of the molecule is CC(N)c1c(F)cccc1N1CCCc2ccccc21. The number of fused-ring (bicyclic) bond motifs is 1. The number of benzene rings is 2. The molecule has 2 aromatic carbocycles. The Labute approximate surface area is 119 Å². The third kappa shape index (κ3) is 2.18. The minimum Gasteiger partial charge on any atom is -0.341 e. The summed E-state index contributed by atoms with van der Waals surface area (Å²) >= 11 is 0. The molecule has 3 rings (SSSR count). The number of anilines is 2. The van der Waals surface area contributed by atoms with E-state index in [1.165, 1.54) is 17.3 Å². The molecule has 1 unspecified atom stereocenters. The number of nitrogens with two attached hydrogens (primary N) is 1. The first-order valence-electron chi connectivity index (χ1n) is 7.08. The molecule has 0 bridgehead atoms. The van der Waals surface area contributed by atoms with Gasteiger partial charge in [-0.25, -0.2) is 4.39 Å². The van der Waals surface area contributed by atoms with Crippen LogP contribution < -0.4 is 10.6 Å². The predicted octanol–water partition coefficient (Wildman–Crippen LogP) is 3.93. The van der Waals surface area contributed by atoms with E-state index in [1.54, 1.807) is 6.07 Å². The fourth-order valence-corrected chi connectivity index (χ4v) is 3.00. The molecule has 2 nitrogen and oxygen atoms in total. The van der Waals surface area contributed by atoms with E-state index in [9.17, 15) is 4.39 Å². The van der Waals surface area contributed by atoms with Crippen LogP contribution >= 0.6 is 0 Å². The molecule has 2 aromatic rings. The van der Waals surface area contributed by atoms with Crippen LogP contribution in [0.15, 0.2) is 42.5 Å². The molecule has 2 N–H and O–H groups in total. The number of nitrogens with zero attached hydrogens (tertiary/aromatic N) is 1. The number of hydrogen-bond acceptors (Lipinski definition) is 2. The average molecular weight is 270 g/mol. The van der Waals surface area contributed by atoms with Crippen molar-refractivity contribution in [3.8, 4) is 0 Å². The van der Waals surface area contributed by atoms with Crippen molar-refractivity contribution in [1.29, 1.82) is 0 Å². The van der Waals surface area contributed by atoms with Crippen molar-refractivity contribution in [2.45, 2.75) is 25.8 Å². The van der Waals surface area contributed by atoms with E-state index in [0.717, 1.165) is 25.1 Å². The Balaban J connectivity index is 2.14. The van der Waals surface area contributed by atoms with Crippen LogP contribution in [0.2, 0.25) is 0 Å². The third-order valence-electron chi connectivity index (χ3n) is 3.89. The maximum absolute atomic E-state index is 14.1. The molecule has 0 saturated heterocycles. The van der Waals surface area contributed by atoms with Crippen molar-refractivity contribution >= 4 is 11.4 Å². The van der Waals surface area contributed by atoms with Gasteiger partial charge >= 0.3 is 0 Å². The Hall–Kier alpha value is -1.87.